The van der Waals surface area contributed by atoms with Gasteiger partial charge in [0.05, 0.1) is 5.60 Å². The van der Waals surface area contributed by atoms with Gasteiger partial charge in [-0.15, -0.1) is 0 Å². The first-order valence-corrected chi connectivity index (χ1v) is 25.1. The van der Waals surface area contributed by atoms with E-state index in [1.54, 1.807) is 0 Å². The zero-order valence-electron chi connectivity index (χ0n) is 34.1. The molecule has 4 rings (SSSR count). The average Bonchev–Trinajstić information content (AvgIpc) is 3.02. The van der Waals surface area contributed by atoms with Gasteiger partial charge in [0.25, 0.3) is 0 Å². The van der Waals surface area contributed by atoms with E-state index < -0.39 is 41.5 Å². The molecule has 1 aliphatic heterocycles. The van der Waals surface area contributed by atoms with E-state index in [0.29, 0.717) is 31.4 Å². The first-order valence-electron chi connectivity index (χ1n) is 19.5. The summed E-state index contributed by atoms with van der Waals surface area (Å²) in [6.45, 7) is 30.1. The van der Waals surface area contributed by atoms with Crippen molar-refractivity contribution in [1.82, 2.24) is 0 Å². The molecule has 0 spiro atoms. The summed E-state index contributed by atoms with van der Waals surface area (Å²) < 4.78 is 32.9. The van der Waals surface area contributed by atoms with E-state index in [0.717, 1.165) is 12.0 Å². The number of ether oxygens (including phenoxy) is 3. The Bertz CT molecular complexity index is 1420. The lowest BCUT2D eigenvalue weighted by molar-refractivity contribution is -0.182. The second-order valence-electron chi connectivity index (χ2n) is 18.5. The van der Waals surface area contributed by atoms with Gasteiger partial charge in [-0.05, 0) is 107 Å². The van der Waals surface area contributed by atoms with Gasteiger partial charge in [-0.3, -0.25) is 0 Å². The van der Waals surface area contributed by atoms with Crippen LogP contribution >= 0.6 is 0 Å². The summed E-state index contributed by atoms with van der Waals surface area (Å²) in [5.41, 5.74) is 0.376. The number of carbonyl (C=O) groups is 2. The molecular formula is C42H68O7Si2. The molecule has 7 nitrogen and oxygen atoms in total. The van der Waals surface area contributed by atoms with Gasteiger partial charge in [0, 0.05) is 17.8 Å². The van der Waals surface area contributed by atoms with E-state index in [1.165, 1.54) is 5.57 Å². The van der Waals surface area contributed by atoms with Gasteiger partial charge in [0.15, 0.2) is 18.1 Å². The molecule has 2 aliphatic carbocycles. The molecule has 1 aromatic rings. The van der Waals surface area contributed by atoms with Crippen LogP contribution in [0.3, 0.4) is 0 Å². The number of aryl methyl sites for hydroxylation is 1. The molecule has 0 saturated carbocycles. The highest BCUT2D eigenvalue weighted by atomic mass is 28.3. The van der Waals surface area contributed by atoms with Crippen molar-refractivity contribution >= 4 is 30.0 Å². The fourth-order valence-electron chi connectivity index (χ4n) is 8.30. The minimum atomic E-state index is -1.62. The number of benzene rings is 1. The lowest BCUT2D eigenvalue weighted by Crippen LogP contribution is -2.58. The minimum absolute atomic E-state index is 0.0297. The standard InChI is InChI=1S/C42H68O7Si2/c1-15-41(10,47-31-20-16-27(2)17-21-31)38(44)46-34-25-30(39(4,5)6)24-29-19-18-28(3)42(35(29)34,49-51(13)14)23-22-32-26-33(40(7,8)9)36(37(43)45-32)48-50(11)12/h16-21,24,28,30,32-36,50-51H,15,22-23,25-26H2,1-14H3/t28-,30+,32+,33-,34-,35+,36?,41?,42-/m0/s1. The monoisotopic (exact) mass is 740 g/mol. The minimum Gasteiger partial charge on any atom is -0.476 e. The summed E-state index contributed by atoms with van der Waals surface area (Å²) in [6.07, 6.45) is 9.02. The highest BCUT2D eigenvalue weighted by Crippen LogP contribution is 2.53. The van der Waals surface area contributed by atoms with Crippen molar-refractivity contribution in [2.75, 3.05) is 0 Å². The van der Waals surface area contributed by atoms with Crippen LogP contribution in [0.25, 0.3) is 0 Å². The van der Waals surface area contributed by atoms with Crippen LogP contribution in [-0.2, 0) is 27.9 Å². The van der Waals surface area contributed by atoms with E-state index in [4.69, 9.17) is 23.1 Å². The highest BCUT2D eigenvalue weighted by molar-refractivity contribution is 6.49. The van der Waals surface area contributed by atoms with Gasteiger partial charge >= 0.3 is 11.9 Å². The predicted molar refractivity (Wildman–Crippen MR) is 211 cm³/mol. The Hall–Kier alpha value is -2.21. The molecule has 3 aliphatic rings. The number of esters is 2. The molecule has 1 saturated heterocycles. The number of carbonyl (C=O) groups excluding carboxylic acids is 2. The average molecular weight is 741 g/mol. The molecule has 286 valence electrons. The number of cyclic esters (lactones) is 1. The number of hydrogen-bond acceptors (Lipinski definition) is 7. The molecule has 9 atom stereocenters. The molecular weight excluding hydrogens is 673 g/mol. The van der Waals surface area contributed by atoms with Crippen molar-refractivity contribution in [3.05, 3.63) is 53.6 Å². The predicted octanol–water partition coefficient (Wildman–Crippen LogP) is 9.13. The van der Waals surface area contributed by atoms with Gasteiger partial charge in [-0.2, -0.15) is 0 Å². The van der Waals surface area contributed by atoms with Crippen molar-refractivity contribution in [2.45, 2.75) is 157 Å². The molecule has 0 bridgehead atoms. The quantitative estimate of drug-likeness (QED) is 0.156. The Balaban J connectivity index is 1.71. The Morgan fingerprint density at radius 2 is 1.61 bits per heavy atom. The van der Waals surface area contributed by atoms with Gasteiger partial charge in [-0.1, -0.05) is 91.3 Å². The maximum Gasteiger partial charge on any atom is 0.350 e. The van der Waals surface area contributed by atoms with Gasteiger partial charge in [-0.25, -0.2) is 9.59 Å². The molecule has 0 aromatic heterocycles. The van der Waals surface area contributed by atoms with E-state index in [-0.39, 0.29) is 52.5 Å². The van der Waals surface area contributed by atoms with Crippen LogP contribution in [0.15, 0.2) is 48.1 Å². The lowest BCUT2D eigenvalue weighted by Gasteiger charge is -2.54. The van der Waals surface area contributed by atoms with Crippen LogP contribution in [0.2, 0.25) is 26.2 Å². The summed E-state index contributed by atoms with van der Waals surface area (Å²) in [6, 6.07) is 7.81. The van der Waals surface area contributed by atoms with E-state index >= 15 is 0 Å². The second kappa shape index (κ2) is 16.0. The Morgan fingerprint density at radius 3 is 2.16 bits per heavy atom. The number of allylic oxidation sites excluding steroid dienone is 2. The fourth-order valence-corrected chi connectivity index (χ4v) is 10.5. The molecule has 9 heteroatoms. The summed E-state index contributed by atoms with van der Waals surface area (Å²) in [5.74, 6) is 0.215. The zero-order chi connectivity index (χ0) is 38.1. The largest absolute Gasteiger partial charge is 0.476 e. The summed E-state index contributed by atoms with van der Waals surface area (Å²) in [7, 11) is -3.08. The molecule has 1 fully saturated rings. The lowest BCUT2D eigenvalue weighted by atomic mass is 9.59. The maximum atomic E-state index is 14.4. The Kier molecular flexibility index (Phi) is 13.1. The van der Waals surface area contributed by atoms with E-state index in [1.807, 2.05) is 45.0 Å². The molecule has 0 N–H and O–H groups in total. The fraction of sp³-hybridized carbons (Fsp3) is 0.714. The molecule has 0 radical (unpaired) electrons. The van der Waals surface area contributed by atoms with E-state index in [2.05, 4.69) is 92.9 Å². The van der Waals surface area contributed by atoms with Crippen LogP contribution in [0.4, 0.5) is 0 Å². The van der Waals surface area contributed by atoms with Crippen molar-refractivity contribution in [3.63, 3.8) is 0 Å². The van der Waals surface area contributed by atoms with Crippen LogP contribution < -0.4 is 4.74 Å². The van der Waals surface area contributed by atoms with Gasteiger partial charge in [0.1, 0.15) is 24.1 Å². The number of fused-ring (bicyclic) bond motifs is 1. The van der Waals surface area contributed by atoms with Gasteiger partial charge in [0.2, 0.25) is 5.60 Å². The Labute approximate surface area is 312 Å². The van der Waals surface area contributed by atoms with Crippen LogP contribution in [0.1, 0.15) is 100.0 Å². The molecule has 51 heavy (non-hydrogen) atoms. The third-order valence-electron chi connectivity index (χ3n) is 11.6. The smallest absolute Gasteiger partial charge is 0.350 e. The Morgan fingerprint density at radius 1 is 0.961 bits per heavy atom. The zero-order valence-corrected chi connectivity index (χ0v) is 36.4. The van der Waals surface area contributed by atoms with Crippen molar-refractivity contribution in [1.29, 1.82) is 0 Å². The van der Waals surface area contributed by atoms with Crippen molar-refractivity contribution in [3.8, 4) is 5.75 Å². The van der Waals surface area contributed by atoms with Crippen LogP contribution in [0, 0.1) is 41.4 Å². The van der Waals surface area contributed by atoms with Crippen LogP contribution in [-0.4, -0.2) is 59.5 Å². The topological polar surface area (TPSA) is 80.3 Å². The third kappa shape index (κ3) is 9.67. The first kappa shape index (κ1) is 41.5. The van der Waals surface area contributed by atoms with Crippen LogP contribution in [0.5, 0.6) is 5.75 Å². The SMILES string of the molecule is CCC(C)(Oc1ccc(C)cc1)C(=O)O[C@H]1C[C@H](C(C)(C)C)C=C2C=C[C@H](C)[C@](CC[C@@H]3C[C@H](C(C)(C)C)C(O[SiH](C)C)C(=O)O3)(O[SiH](C)C)[C@H]21. The first-order chi connectivity index (χ1) is 23.6. The highest BCUT2D eigenvalue weighted by Gasteiger charge is 2.55. The molecule has 1 heterocycles. The summed E-state index contributed by atoms with van der Waals surface area (Å²) in [4.78, 5) is 27.9. The molecule has 2 unspecified atom stereocenters. The normalized spacial score (nSPS) is 31.1. The van der Waals surface area contributed by atoms with E-state index in [9.17, 15) is 9.59 Å². The van der Waals surface area contributed by atoms with Gasteiger partial charge < -0.3 is 23.1 Å². The summed E-state index contributed by atoms with van der Waals surface area (Å²) in [5, 5.41) is 0. The molecule has 1 aromatic carbocycles. The number of hydrogen-bond donors (Lipinski definition) is 0. The second-order valence-corrected chi connectivity index (χ2v) is 23.2. The summed E-state index contributed by atoms with van der Waals surface area (Å²) >= 11 is 0. The third-order valence-corrected chi connectivity index (χ3v) is 13.3. The van der Waals surface area contributed by atoms with Crippen molar-refractivity contribution in [2.24, 2.45) is 34.5 Å². The number of rotatable bonds is 12. The maximum absolute atomic E-state index is 14.4. The molecule has 0 amide bonds. The van der Waals surface area contributed by atoms with Crippen molar-refractivity contribution < 1.29 is 32.7 Å².